The first kappa shape index (κ1) is 27.5. The summed E-state index contributed by atoms with van der Waals surface area (Å²) in [4.78, 5) is 0. The summed E-state index contributed by atoms with van der Waals surface area (Å²) in [5.41, 5.74) is 0. The lowest BCUT2D eigenvalue weighted by molar-refractivity contribution is -0.220. The Morgan fingerprint density at radius 2 is 0.643 bits per heavy atom. The third-order valence-corrected chi connectivity index (χ3v) is 6.01. The molecule has 0 bridgehead atoms. The molecule has 0 aromatic carbocycles. The van der Waals surface area contributed by atoms with Gasteiger partial charge in [-0.2, -0.15) is 0 Å². The van der Waals surface area contributed by atoms with E-state index in [1.807, 2.05) is 0 Å². The molecule has 2 nitrogen and oxygen atoms in total. The molecule has 28 heavy (non-hydrogen) atoms. The zero-order valence-corrected chi connectivity index (χ0v) is 19.4. The van der Waals surface area contributed by atoms with Gasteiger partial charge in [0.1, 0.15) is 0 Å². The van der Waals surface area contributed by atoms with Gasteiger partial charge in [-0.3, -0.25) is 0 Å². The van der Waals surface area contributed by atoms with Crippen LogP contribution in [0.1, 0.15) is 161 Å². The highest BCUT2D eigenvalue weighted by Gasteiger charge is 1.96. The third-order valence-electron chi connectivity index (χ3n) is 6.01. The van der Waals surface area contributed by atoms with Gasteiger partial charge in [-0.1, -0.05) is 148 Å². The number of nitrogens with one attached hydrogen (secondary N) is 1. The summed E-state index contributed by atoms with van der Waals surface area (Å²) in [5.74, 6) is -0.400. The summed E-state index contributed by atoms with van der Waals surface area (Å²) in [6.45, 7) is 2.29. The summed E-state index contributed by atoms with van der Waals surface area (Å²) >= 11 is 0. The van der Waals surface area contributed by atoms with E-state index < -0.39 is 5.90 Å². The van der Waals surface area contributed by atoms with Gasteiger partial charge in [0, 0.05) is 0 Å². The monoisotopic (exact) mass is 394 g/mol. The Morgan fingerprint density at radius 1 is 0.429 bits per heavy atom. The van der Waals surface area contributed by atoms with Crippen LogP contribution < -0.4 is 5.11 Å². The highest BCUT2D eigenvalue weighted by atomic mass is 16.3. The molecule has 0 aromatic rings. The van der Waals surface area contributed by atoms with Crippen molar-refractivity contribution in [3.8, 4) is 0 Å². The molecule has 0 amide bonds. The Kier molecular flexibility index (Phi) is 24.0. The second kappa shape index (κ2) is 24.5. The van der Waals surface area contributed by atoms with Crippen molar-refractivity contribution in [3.63, 3.8) is 0 Å². The van der Waals surface area contributed by atoms with E-state index in [0.29, 0.717) is 6.42 Å². The molecule has 0 radical (unpaired) electrons. The molecule has 0 aromatic heterocycles. The first-order chi connectivity index (χ1) is 13.8. The van der Waals surface area contributed by atoms with E-state index in [2.05, 4.69) is 6.92 Å². The van der Waals surface area contributed by atoms with E-state index >= 15 is 0 Å². The Morgan fingerprint density at radius 3 is 0.857 bits per heavy atom. The van der Waals surface area contributed by atoms with Gasteiger partial charge in [-0.15, -0.1) is 0 Å². The molecule has 0 aliphatic heterocycles. The molecule has 0 unspecified atom stereocenters. The average molecular weight is 395 g/mol. The van der Waals surface area contributed by atoms with Gasteiger partial charge in [0.05, 0.1) is 0 Å². The second-order valence-electron chi connectivity index (χ2n) is 8.95. The van der Waals surface area contributed by atoms with Crippen LogP contribution in [0.3, 0.4) is 0 Å². The molecule has 0 heterocycles. The van der Waals surface area contributed by atoms with Crippen LogP contribution in [0.2, 0.25) is 0 Å². The van der Waals surface area contributed by atoms with Crippen LogP contribution in [0, 0.1) is 5.41 Å². The Labute approximate surface area is 177 Å². The summed E-state index contributed by atoms with van der Waals surface area (Å²) in [7, 11) is 0. The number of unbranched alkanes of at least 4 members (excludes halogenated alkanes) is 22. The van der Waals surface area contributed by atoms with Gasteiger partial charge in [0.2, 0.25) is 0 Å². The van der Waals surface area contributed by atoms with Gasteiger partial charge < -0.3 is 10.5 Å². The van der Waals surface area contributed by atoms with Crippen LogP contribution in [0.25, 0.3) is 0 Å². The van der Waals surface area contributed by atoms with E-state index in [1.165, 1.54) is 135 Å². The van der Waals surface area contributed by atoms with Crippen molar-refractivity contribution >= 4 is 5.90 Å². The molecule has 0 fully saturated rings. The minimum atomic E-state index is -0.400. The largest absolute Gasteiger partial charge is 0.862 e. The number of rotatable bonds is 24. The molecule has 2 heteroatoms. The summed E-state index contributed by atoms with van der Waals surface area (Å²) in [6.07, 6.45) is 32.4. The molecule has 0 aliphatic rings. The Hall–Kier alpha value is -0.530. The lowest BCUT2D eigenvalue weighted by atomic mass is 10.0. The summed E-state index contributed by atoms with van der Waals surface area (Å²) in [6, 6.07) is 0. The molecule has 0 saturated heterocycles. The van der Waals surface area contributed by atoms with Crippen molar-refractivity contribution in [1.29, 1.82) is 5.41 Å². The van der Waals surface area contributed by atoms with Crippen LogP contribution >= 0.6 is 0 Å². The maximum Gasteiger partial charge on any atom is -0.0254 e. The second-order valence-corrected chi connectivity index (χ2v) is 8.95. The lowest BCUT2D eigenvalue weighted by Gasteiger charge is -2.06. The van der Waals surface area contributed by atoms with Crippen LogP contribution in [0.15, 0.2) is 0 Å². The predicted octanol–water partition coefficient (Wildman–Crippen LogP) is 8.71. The van der Waals surface area contributed by atoms with Crippen LogP contribution in [-0.4, -0.2) is 5.90 Å². The van der Waals surface area contributed by atoms with Crippen molar-refractivity contribution in [2.24, 2.45) is 0 Å². The quantitative estimate of drug-likeness (QED) is 0.0992. The highest BCUT2D eigenvalue weighted by Crippen LogP contribution is 2.15. The van der Waals surface area contributed by atoms with Crippen LogP contribution in [-0.2, 0) is 0 Å². The Balaban J connectivity index is 2.99. The fourth-order valence-electron chi connectivity index (χ4n) is 4.07. The van der Waals surface area contributed by atoms with Crippen LogP contribution in [0.5, 0.6) is 0 Å². The smallest absolute Gasteiger partial charge is 0.0254 e. The van der Waals surface area contributed by atoms with E-state index in [0.717, 1.165) is 12.8 Å². The van der Waals surface area contributed by atoms with Gasteiger partial charge in [-0.25, -0.2) is 0 Å². The summed E-state index contributed by atoms with van der Waals surface area (Å²) < 4.78 is 0. The first-order valence-electron chi connectivity index (χ1n) is 13.0. The topological polar surface area (TPSA) is 46.9 Å². The first-order valence-corrected chi connectivity index (χ1v) is 13.0. The van der Waals surface area contributed by atoms with Crippen molar-refractivity contribution in [3.05, 3.63) is 0 Å². The fraction of sp³-hybridized carbons (Fsp3) is 0.962. The standard InChI is InChI=1S/C26H53NO/c1-2-3-4-5-6-7-8-9-10-11-12-13-14-15-16-17-18-19-20-21-22-23-24-25-26(27)28/h2-25H2,1H3,(H2,27,28)/p-1. The van der Waals surface area contributed by atoms with E-state index in [4.69, 9.17) is 5.41 Å². The van der Waals surface area contributed by atoms with Gasteiger partial charge in [0.25, 0.3) is 0 Å². The zero-order chi connectivity index (χ0) is 20.5. The zero-order valence-electron chi connectivity index (χ0n) is 19.4. The van der Waals surface area contributed by atoms with Gasteiger partial charge >= 0.3 is 0 Å². The number of hydrogen-bond donors (Lipinski definition) is 1. The van der Waals surface area contributed by atoms with Crippen molar-refractivity contribution in [2.45, 2.75) is 161 Å². The average Bonchev–Trinajstić information content (AvgIpc) is 2.68. The molecule has 0 saturated carbocycles. The lowest BCUT2D eigenvalue weighted by Crippen LogP contribution is -2.14. The minimum Gasteiger partial charge on any atom is -0.862 e. The van der Waals surface area contributed by atoms with Crippen molar-refractivity contribution < 1.29 is 5.11 Å². The molecule has 1 N–H and O–H groups in total. The molecular formula is C26H52NO-. The van der Waals surface area contributed by atoms with E-state index in [-0.39, 0.29) is 0 Å². The molecule has 0 rings (SSSR count). The van der Waals surface area contributed by atoms with E-state index in [1.54, 1.807) is 0 Å². The Bertz CT molecular complexity index is 303. The SMILES string of the molecule is CCCCCCCCCCCCCCCCCCCCCCCCCC(=N)[O-]. The van der Waals surface area contributed by atoms with Crippen molar-refractivity contribution in [1.82, 2.24) is 0 Å². The molecule has 0 atom stereocenters. The maximum absolute atomic E-state index is 10.5. The predicted molar refractivity (Wildman–Crippen MR) is 124 cm³/mol. The van der Waals surface area contributed by atoms with Gasteiger partial charge in [0.15, 0.2) is 0 Å². The number of hydrogen-bond acceptors (Lipinski definition) is 2. The highest BCUT2D eigenvalue weighted by molar-refractivity contribution is 5.67. The third kappa shape index (κ3) is 25.5. The molecule has 0 spiro atoms. The summed E-state index contributed by atoms with van der Waals surface area (Å²) in [5, 5.41) is 17.4. The normalized spacial score (nSPS) is 11.2. The van der Waals surface area contributed by atoms with Gasteiger partial charge in [-0.05, 0) is 18.7 Å². The van der Waals surface area contributed by atoms with E-state index in [9.17, 15) is 5.11 Å². The fourth-order valence-corrected chi connectivity index (χ4v) is 4.07. The van der Waals surface area contributed by atoms with Crippen molar-refractivity contribution in [2.75, 3.05) is 0 Å². The molecular weight excluding hydrogens is 342 g/mol. The van der Waals surface area contributed by atoms with Crippen LogP contribution in [0.4, 0.5) is 0 Å². The minimum absolute atomic E-state index is 0.400. The molecule has 168 valence electrons. The maximum atomic E-state index is 10.5. The molecule has 0 aliphatic carbocycles.